The van der Waals surface area contributed by atoms with Crippen molar-refractivity contribution in [2.24, 2.45) is 0 Å². The number of carbonyl (C=O) groups excluding carboxylic acids is 2. The Morgan fingerprint density at radius 2 is 1.74 bits per heavy atom. The van der Waals surface area contributed by atoms with Crippen molar-refractivity contribution in [2.45, 2.75) is 13.8 Å². The lowest BCUT2D eigenvalue weighted by Gasteiger charge is -2.10. The van der Waals surface area contributed by atoms with E-state index in [0.717, 1.165) is 32.3 Å². The fourth-order valence-corrected chi connectivity index (χ4v) is 5.30. The summed E-state index contributed by atoms with van der Waals surface area (Å²) in [5, 5.41) is 10.9. The summed E-state index contributed by atoms with van der Waals surface area (Å²) in [7, 11) is 0. The normalized spacial score (nSPS) is 11.0. The molecule has 0 saturated carbocycles. The van der Waals surface area contributed by atoms with Crippen LogP contribution in [0.5, 0.6) is 11.6 Å². The average molecular weight is 470 g/mol. The van der Waals surface area contributed by atoms with E-state index >= 15 is 0 Å². The van der Waals surface area contributed by atoms with Gasteiger partial charge in [0.15, 0.2) is 6.26 Å². The molecule has 2 aromatic heterocycles. The zero-order valence-electron chi connectivity index (χ0n) is 18.4. The van der Waals surface area contributed by atoms with E-state index in [9.17, 15) is 14.7 Å². The maximum Gasteiger partial charge on any atom is 0.299 e. The van der Waals surface area contributed by atoms with Crippen LogP contribution in [0.2, 0.25) is 0 Å². The molecule has 0 aliphatic heterocycles. The first-order valence-corrected chi connectivity index (χ1v) is 11.3. The summed E-state index contributed by atoms with van der Waals surface area (Å²) in [4.78, 5) is 29.0. The zero-order chi connectivity index (χ0) is 23.8. The number of benzene rings is 3. The highest BCUT2D eigenvalue weighted by atomic mass is 32.1. The van der Waals surface area contributed by atoms with Crippen LogP contribution < -0.4 is 4.74 Å². The predicted octanol–water partition coefficient (Wildman–Crippen LogP) is 6.31. The molecule has 0 atom stereocenters. The number of hydrogen-bond acceptors (Lipinski definition) is 7. The smallest absolute Gasteiger partial charge is 0.299 e. The quantitative estimate of drug-likeness (QED) is 0.231. The molecule has 0 radical (unpaired) electrons. The number of rotatable bonds is 6. The summed E-state index contributed by atoms with van der Waals surface area (Å²) >= 11 is 1.37. The number of phenolic OH excluding ortho intramolecular Hbond substituents is 1. The van der Waals surface area contributed by atoms with E-state index in [2.05, 4.69) is 4.98 Å². The first-order valence-electron chi connectivity index (χ1n) is 10.5. The van der Waals surface area contributed by atoms with Crippen molar-refractivity contribution in [3.8, 4) is 34.2 Å². The molecule has 34 heavy (non-hydrogen) atoms. The van der Waals surface area contributed by atoms with Crippen LogP contribution in [-0.4, -0.2) is 22.3 Å². The number of ketones is 1. The molecule has 7 heteroatoms. The molecule has 0 amide bonds. The number of aromatic nitrogens is 1. The third-order valence-corrected chi connectivity index (χ3v) is 6.81. The summed E-state index contributed by atoms with van der Waals surface area (Å²) < 4.78 is 10.9. The molecule has 5 rings (SSSR count). The largest absolute Gasteiger partial charge is 0.508 e. The zero-order valence-corrected chi connectivity index (χ0v) is 19.2. The molecule has 1 N–H and O–H groups in total. The maximum absolute atomic E-state index is 13.8. The monoisotopic (exact) mass is 469 g/mol. The second-order valence-electron chi connectivity index (χ2n) is 7.86. The SMILES string of the molecule is Cc1cccc(C)c1C(=O)c1sc2cc(O)ccc2c1-c1ccc(-c2nc(OC=O)co2)cc1. The maximum atomic E-state index is 13.8. The molecule has 0 saturated heterocycles. The molecule has 168 valence electrons. The number of carbonyl (C=O) groups is 2. The third-order valence-electron chi connectivity index (χ3n) is 5.66. The molecule has 0 spiro atoms. The molecule has 6 nitrogen and oxygen atoms in total. The number of hydrogen-bond donors (Lipinski definition) is 1. The van der Waals surface area contributed by atoms with Gasteiger partial charge in [-0.2, -0.15) is 4.98 Å². The van der Waals surface area contributed by atoms with Crippen molar-refractivity contribution in [1.82, 2.24) is 4.98 Å². The fraction of sp³-hybridized carbons (Fsp3) is 0.0741. The van der Waals surface area contributed by atoms with Crippen molar-refractivity contribution in [3.63, 3.8) is 0 Å². The molecule has 5 aromatic rings. The minimum absolute atomic E-state index is 0.0429. The van der Waals surface area contributed by atoms with E-state index < -0.39 is 0 Å². The van der Waals surface area contributed by atoms with E-state index in [-0.39, 0.29) is 17.4 Å². The third kappa shape index (κ3) is 3.76. The number of aryl methyl sites for hydroxylation is 2. The van der Waals surface area contributed by atoms with Crippen molar-refractivity contribution in [2.75, 3.05) is 0 Å². The van der Waals surface area contributed by atoms with E-state index in [1.54, 1.807) is 12.1 Å². The van der Waals surface area contributed by atoms with Gasteiger partial charge >= 0.3 is 0 Å². The molecule has 0 aliphatic carbocycles. The summed E-state index contributed by atoms with van der Waals surface area (Å²) in [5.74, 6) is 0.507. The van der Waals surface area contributed by atoms with E-state index in [4.69, 9.17) is 9.15 Å². The van der Waals surface area contributed by atoms with Crippen LogP contribution in [0.4, 0.5) is 0 Å². The molecule has 0 bridgehead atoms. The Labute approximate surface area is 199 Å². The van der Waals surface area contributed by atoms with Gasteiger partial charge in [0.1, 0.15) is 5.75 Å². The van der Waals surface area contributed by atoms with Crippen molar-refractivity contribution < 1.29 is 23.8 Å². The van der Waals surface area contributed by atoms with Gasteiger partial charge < -0.3 is 14.3 Å². The Bertz CT molecular complexity index is 1530. The Kier molecular flexibility index (Phi) is 5.47. The minimum atomic E-state index is -0.0429. The highest BCUT2D eigenvalue weighted by molar-refractivity contribution is 7.21. The lowest BCUT2D eigenvalue weighted by atomic mass is 9.93. The van der Waals surface area contributed by atoms with Gasteiger partial charge in [0.25, 0.3) is 12.4 Å². The topological polar surface area (TPSA) is 89.6 Å². The van der Waals surface area contributed by atoms with Crippen LogP contribution >= 0.6 is 11.3 Å². The number of phenols is 1. The van der Waals surface area contributed by atoms with Crippen LogP contribution in [0, 0.1) is 13.8 Å². The van der Waals surface area contributed by atoms with Crippen LogP contribution in [-0.2, 0) is 4.79 Å². The van der Waals surface area contributed by atoms with Gasteiger partial charge in [0.2, 0.25) is 11.7 Å². The van der Waals surface area contributed by atoms with E-state index in [1.807, 2.05) is 62.4 Å². The first-order chi connectivity index (χ1) is 16.5. The number of nitrogens with zero attached hydrogens (tertiary/aromatic N) is 1. The second kappa shape index (κ2) is 8.61. The summed E-state index contributed by atoms with van der Waals surface area (Å²) in [6.45, 7) is 4.17. The summed E-state index contributed by atoms with van der Waals surface area (Å²) in [6, 6.07) is 18.4. The first kappa shape index (κ1) is 21.6. The number of thiophene rings is 1. The Balaban J connectivity index is 1.64. The van der Waals surface area contributed by atoms with E-state index in [1.165, 1.54) is 17.6 Å². The summed E-state index contributed by atoms with van der Waals surface area (Å²) in [5.41, 5.74) is 4.90. The van der Waals surface area contributed by atoms with Gasteiger partial charge in [-0.05, 0) is 60.9 Å². The summed E-state index contributed by atoms with van der Waals surface area (Å²) in [6.07, 6.45) is 1.26. The molecular weight excluding hydrogens is 450 g/mol. The van der Waals surface area contributed by atoms with Gasteiger partial charge in [-0.3, -0.25) is 9.59 Å². The average Bonchev–Trinajstić information content (AvgIpc) is 3.44. The number of fused-ring (bicyclic) bond motifs is 1. The Morgan fingerprint density at radius 3 is 2.44 bits per heavy atom. The number of oxazole rings is 1. The van der Waals surface area contributed by atoms with Crippen molar-refractivity contribution in [3.05, 3.63) is 88.5 Å². The molecular formula is C27H19NO5S. The van der Waals surface area contributed by atoms with Gasteiger partial charge in [0, 0.05) is 26.8 Å². The minimum Gasteiger partial charge on any atom is -0.508 e. The molecule has 0 aliphatic rings. The standard InChI is InChI=1S/C27H19NO5S/c1-15-4-3-5-16(2)23(15)25(31)26-24(20-11-10-19(30)12-21(20)34-26)17-6-8-18(9-7-17)27-28-22(13-32-27)33-14-29/h3-14,30H,1-2H3. The highest BCUT2D eigenvalue weighted by Crippen LogP contribution is 2.42. The number of ether oxygens (including phenoxy) is 1. The predicted molar refractivity (Wildman–Crippen MR) is 130 cm³/mol. The molecule has 0 fully saturated rings. The highest BCUT2D eigenvalue weighted by Gasteiger charge is 2.23. The molecule has 0 unspecified atom stereocenters. The van der Waals surface area contributed by atoms with E-state index in [0.29, 0.717) is 28.4 Å². The van der Waals surface area contributed by atoms with Crippen LogP contribution in [0.25, 0.3) is 32.7 Å². The van der Waals surface area contributed by atoms with Gasteiger partial charge in [-0.15, -0.1) is 11.3 Å². The molecule has 2 heterocycles. The van der Waals surface area contributed by atoms with Crippen LogP contribution in [0.3, 0.4) is 0 Å². The Hall–Kier alpha value is -4.23. The molecule has 3 aromatic carbocycles. The lowest BCUT2D eigenvalue weighted by molar-refractivity contribution is -0.120. The van der Waals surface area contributed by atoms with Gasteiger partial charge in [-0.25, -0.2) is 0 Å². The second-order valence-corrected chi connectivity index (χ2v) is 8.92. The van der Waals surface area contributed by atoms with Crippen molar-refractivity contribution in [1.29, 1.82) is 0 Å². The van der Waals surface area contributed by atoms with Crippen LogP contribution in [0.15, 0.2) is 71.3 Å². The number of aromatic hydroxyl groups is 1. The van der Waals surface area contributed by atoms with Crippen molar-refractivity contribution >= 4 is 33.7 Å². The van der Waals surface area contributed by atoms with Gasteiger partial charge in [-0.1, -0.05) is 30.3 Å². The van der Waals surface area contributed by atoms with Gasteiger partial charge in [0.05, 0.1) is 4.88 Å². The fourth-order valence-electron chi connectivity index (χ4n) is 4.09. The van der Waals surface area contributed by atoms with Crippen LogP contribution in [0.1, 0.15) is 26.4 Å². The Morgan fingerprint density at radius 1 is 1.03 bits per heavy atom. The lowest BCUT2D eigenvalue weighted by Crippen LogP contribution is -2.05.